The van der Waals surface area contributed by atoms with Crippen LogP contribution in [0.1, 0.15) is 26.2 Å². The second-order valence-electron chi connectivity index (χ2n) is 6.71. The smallest absolute Gasteiger partial charge is 0.243 e. The van der Waals surface area contributed by atoms with Crippen molar-refractivity contribution in [2.75, 3.05) is 45.7 Å². The van der Waals surface area contributed by atoms with Crippen LogP contribution in [0.25, 0.3) is 0 Å². The molecule has 1 aromatic carbocycles. The molecule has 1 saturated carbocycles. The topological polar surface area (TPSA) is 61.9 Å². The Morgan fingerprint density at radius 3 is 2.68 bits per heavy atom. The molecule has 0 saturated heterocycles. The van der Waals surface area contributed by atoms with Gasteiger partial charge in [-0.1, -0.05) is 13.0 Å². The van der Waals surface area contributed by atoms with Crippen molar-refractivity contribution in [2.24, 2.45) is 5.92 Å². The fourth-order valence-electron chi connectivity index (χ4n) is 2.73. The average Bonchev–Trinajstić information content (AvgIpc) is 3.39. The number of methoxy groups -OCH3 is 1. The quantitative estimate of drug-likeness (QED) is 0.705. The summed E-state index contributed by atoms with van der Waals surface area (Å²) in [5.74, 6) is 1.20. The molecule has 2 amide bonds. The molecule has 0 atom stereocenters. The van der Waals surface area contributed by atoms with Gasteiger partial charge in [0.15, 0.2) is 0 Å². The number of hydrogen-bond acceptors (Lipinski definition) is 4. The number of nitrogens with zero attached hydrogens (tertiary/aromatic N) is 2. The standard InChI is InChI=1S/C19H29N3O3/c1-4-10-22(12-15-8-9-15)14-19(24)21(2)13-18(23)20-16-6-5-7-17(11-16)25-3/h5-7,11,15H,4,8-10,12-14H2,1-3H3,(H,20,23). The molecule has 1 fully saturated rings. The molecular weight excluding hydrogens is 318 g/mol. The normalized spacial score (nSPS) is 13.6. The van der Waals surface area contributed by atoms with Gasteiger partial charge in [-0.25, -0.2) is 0 Å². The second kappa shape index (κ2) is 9.42. The van der Waals surface area contributed by atoms with E-state index >= 15 is 0 Å². The number of carbonyl (C=O) groups is 2. The number of likely N-dealkylation sites (N-methyl/N-ethyl adjacent to an activating group) is 1. The summed E-state index contributed by atoms with van der Waals surface area (Å²) in [6, 6.07) is 7.16. The first-order chi connectivity index (χ1) is 12.0. The highest BCUT2D eigenvalue weighted by Gasteiger charge is 2.25. The molecule has 0 aliphatic heterocycles. The summed E-state index contributed by atoms with van der Waals surface area (Å²) >= 11 is 0. The van der Waals surface area contributed by atoms with Crippen LogP contribution in [0.4, 0.5) is 5.69 Å². The minimum atomic E-state index is -0.215. The summed E-state index contributed by atoms with van der Waals surface area (Å²) in [5, 5.41) is 2.80. The van der Waals surface area contributed by atoms with E-state index in [2.05, 4.69) is 17.1 Å². The Bertz CT molecular complexity index is 587. The SMILES string of the molecule is CCCN(CC(=O)N(C)CC(=O)Nc1cccc(OC)c1)CC1CC1. The van der Waals surface area contributed by atoms with E-state index in [-0.39, 0.29) is 18.4 Å². The van der Waals surface area contributed by atoms with Crippen molar-refractivity contribution >= 4 is 17.5 Å². The van der Waals surface area contributed by atoms with Crippen LogP contribution in [0.3, 0.4) is 0 Å². The summed E-state index contributed by atoms with van der Waals surface area (Å²) in [6.45, 7) is 4.46. The van der Waals surface area contributed by atoms with E-state index in [1.54, 1.807) is 26.3 Å². The Morgan fingerprint density at radius 2 is 2.04 bits per heavy atom. The number of rotatable bonds is 10. The van der Waals surface area contributed by atoms with Gasteiger partial charge in [-0.05, 0) is 43.9 Å². The van der Waals surface area contributed by atoms with Crippen LogP contribution in [0, 0.1) is 5.92 Å². The molecule has 1 aromatic rings. The zero-order valence-corrected chi connectivity index (χ0v) is 15.5. The van der Waals surface area contributed by atoms with Crippen molar-refractivity contribution in [2.45, 2.75) is 26.2 Å². The highest BCUT2D eigenvalue weighted by Crippen LogP contribution is 2.29. The second-order valence-corrected chi connectivity index (χ2v) is 6.71. The Balaban J connectivity index is 1.80. The fraction of sp³-hybridized carbons (Fsp3) is 0.579. The molecular formula is C19H29N3O3. The lowest BCUT2D eigenvalue weighted by Crippen LogP contribution is -2.42. The maximum absolute atomic E-state index is 12.4. The number of ether oxygens (including phenoxy) is 1. The van der Waals surface area contributed by atoms with Crippen molar-refractivity contribution in [3.63, 3.8) is 0 Å². The third-order valence-corrected chi connectivity index (χ3v) is 4.27. The van der Waals surface area contributed by atoms with Crippen LogP contribution in [-0.2, 0) is 9.59 Å². The van der Waals surface area contributed by atoms with Gasteiger partial charge in [0, 0.05) is 25.3 Å². The van der Waals surface area contributed by atoms with E-state index in [1.807, 2.05) is 12.1 Å². The van der Waals surface area contributed by atoms with Gasteiger partial charge in [0.2, 0.25) is 11.8 Å². The highest BCUT2D eigenvalue weighted by atomic mass is 16.5. The van der Waals surface area contributed by atoms with E-state index < -0.39 is 0 Å². The van der Waals surface area contributed by atoms with Crippen LogP contribution in [-0.4, -0.2) is 62.0 Å². The van der Waals surface area contributed by atoms with Crippen LogP contribution in [0.2, 0.25) is 0 Å². The molecule has 1 aliphatic rings. The molecule has 1 N–H and O–H groups in total. The number of anilines is 1. The first kappa shape index (κ1) is 19.2. The van der Waals surface area contributed by atoms with Gasteiger partial charge in [-0.15, -0.1) is 0 Å². The molecule has 0 radical (unpaired) electrons. The monoisotopic (exact) mass is 347 g/mol. The Kier molecular flexibility index (Phi) is 7.25. The van der Waals surface area contributed by atoms with Gasteiger partial charge in [0.05, 0.1) is 20.2 Å². The molecule has 0 unspecified atom stereocenters. The molecule has 0 bridgehead atoms. The third-order valence-electron chi connectivity index (χ3n) is 4.27. The highest BCUT2D eigenvalue weighted by molar-refractivity contribution is 5.94. The summed E-state index contributed by atoms with van der Waals surface area (Å²) in [7, 11) is 3.26. The minimum absolute atomic E-state index is 0.0186. The lowest BCUT2D eigenvalue weighted by Gasteiger charge is -2.24. The van der Waals surface area contributed by atoms with Crippen LogP contribution < -0.4 is 10.1 Å². The summed E-state index contributed by atoms with van der Waals surface area (Å²) in [6.07, 6.45) is 3.57. The van der Waals surface area contributed by atoms with Gasteiger partial charge < -0.3 is 15.0 Å². The van der Waals surface area contributed by atoms with E-state index in [4.69, 9.17) is 4.74 Å². The minimum Gasteiger partial charge on any atom is -0.497 e. The number of nitrogens with one attached hydrogen (secondary N) is 1. The van der Waals surface area contributed by atoms with Crippen molar-refractivity contribution in [3.05, 3.63) is 24.3 Å². The average molecular weight is 347 g/mol. The maximum Gasteiger partial charge on any atom is 0.243 e. The van der Waals surface area contributed by atoms with E-state index in [1.165, 1.54) is 17.7 Å². The van der Waals surface area contributed by atoms with Crippen molar-refractivity contribution in [1.82, 2.24) is 9.80 Å². The van der Waals surface area contributed by atoms with E-state index in [9.17, 15) is 9.59 Å². The van der Waals surface area contributed by atoms with Gasteiger partial charge in [-0.2, -0.15) is 0 Å². The number of amides is 2. The first-order valence-corrected chi connectivity index (χ1v) is 8.92. The lowest BCUT2D eigenvalue weighted by molar-refractivity contribution is -0.134. The zero-order valence-electron chi connectivity index (χ0n) is 15.5. The van der Waals surface area contributed by atoms with Crippen molar-refractivity contribution in [1.29, 1.82) is 0 Å². The van der Waals surface area contributed by atoms with Gasteiger partial charge in [0.1, 0.15) is 5.75 Å². The van der Waals surface area contributed by atoms with Gasteiger partial charge >= 0.3 is 0 Å². The maximum atomic E-state index is 12.4. The molecule has 138 valence electrons. The number of benzene rings is 1. The van der Waals surface area contributed by atoms with Gasteiger partial charge in [-0.3, -0.25) is 14.5 Å². The summed E-state index contributed by atoms with van der Waals surface area (Å²) in [5.41, 5.74) is 0.659. The van der Waals surface area contributed by atoms with Crippen molar-refractivity contribution in [3.8, 4) is 5.75 Å². The predicted octanol–water partition coefficient (Wildman–Crippen LogP) is 2.21. The molecule has 1 aliphatic carbocycles. The molecule has 25 heavy (non-hydrogen) atoms. The molecule has 0 heterocycles. The van der Waals surface area contributed by atoms with E-state index in [0.29, 0.717) is 18.0 Å². The lowest BCUT2D eigenvalue weighted by atomic mass is 10.3. The zero-order chi connectivity index (χ0) is 18.2. The third kappa shape index (κ3) is 6.74. The molecule has 0 aromatic heterocycles. The molecule has 2 rings (SSSR count). The Labute approximate surface area is 150 Å². The first-order valence-electron chi connectivity index (χ1n) is 8.92. The Hall–Kier alpha value is -2.08. The summed E-state index contributed by atoms with van der Waals surface area (Å²) < 4.78 is 5.14. The Morgan fingerprint density at radius 1 is 1.28 bits per heavy atom. The number of carbonyl (C=O) groups excluding carboxylic acids is 2. The van der Waals surface area contributed by atoms with Crippen LogP contribution >= 0.6 is 0 Å². The van der Waals surface area contributed by atoms with Crippen molar-refractivity contribution < 1.29 is 14.3 Å². The molecule has 0 spiro atoms. The summed E-state index contributed by atoms with van der Waals surface area (Å²) in [4.78, 5) is 28.3. The molecule has 6 heteroatoms. The fourth-order valence-corrected chi connectivity index (χ4v) is 2.73. The molecule has 6 nitrogen and oxygen atoms in total. The largest absolute Gasteiger partial charge is 0.497 e. The van der Waals surface area contributed by atoms with E-state index in [0.717, 1.165) is 25.4 Å². The predicted molar refractivity (Wildman–Crippen MR) is 98.7 cm³/mol. The van der Waals surface area contributed by atoms with Crippen LogP contribution in [0.15, 0.2) is 24.3 Å². The van der Waals surface area contributed by atoms with Crippen LogP contribution in [0.5, 0.6) is 5.75 Å². The van der Waals surface area contributed by atoms with Gasteiger partial charge in [0.25, 0.3) is 0 Å². The number of hydrogen-bond donors (Lipinski definition) is 1.